The number of fused-ring (bicyclic) bond motifs is 1. The molecule has 0 aliphatic rings. The summed E-state index contributed by atoms with van der Waals surface area (Å²) in [5, 5.41) is 0. The van der Waals surface area contributed by atoms with Gasteiger partial charge in [0.1, 0.15) is 5.82 Å². The molecule has 0 saturated carbocycles. The molecule has 1 aromatic carbocycles. The van der Waals surface area contributed by atoms with Crippen LogP contribution in [0.3, 0.4) is 0 Å². The van der Waals surface area contributed by atoms with Gasteiger partial charge < -0.3 is 4.40 Å². The summed E-state index contributed by atoms with van der Waals surface area (Å²) in [4.78, 5) is 4.47. The third-order valence-electron chi connectivity index (χ3n) is 2.78. The number of halogens is 1. The van der Waals surface area contributed by atoms with Crippen molar-refractivity contribution in [1.29, 1.82) is 0 Å². The molecular formula is C14H11BrN2. The molecule has 0 atom stereocenters. The highest BCUT2D eigenvalue weighted by Crippen LogP contribution is 2.16. The van der Waals surface area contributed by atoms with Gasteiger partial charge in [-0.2, -0.15) is 0 Å². The van der Waals surface area contributed by atoms with Crippen LogP contribution in [0.2, 0.25) is 0 Å². The van der Waals surface area contributed by atoms with Crippen LogP contribution in [0.1, 0.15) is 11.4 Å². The van der Waals surface area contributed by atoms with Crippen molar-refractivity contribution < 1.29 is 0 Å². The summed E-state index contributed by atoms with van der Waals surface area (Å²) in [6, 6.07) is 14.5. The molecule has 0 saturated heterocycles. The van der Waals surface area contributed by atoms with Crippen LogP contribution < -0.4 is 0 Å². The van der Waals surface area contributed by atoms with Crippen molar-refractivity contribution in [2.24, 2.45) is 0 Å². The fraction of sp³-hybridized carbons (Fsp3) is 0.0714. The molecule has 3 heteroatoms. The molecular weight excluding hydrogens is 276 g/mol. The molecule has 0 aliphatic carbocycles. The van der Waals surface area contributed by atoms with Gasteiger partial charge in [0.05, 0.1) is 11.7 Å². The summed E-state index contributed by atoms with van der Waals surface area (Å²) < 4.78 is 3.20. The summed E-state index contributed by atoms with van der Waals surface area (Å²) in [6.07, 6.45) is 4.81. The van der Waals surface area contributed by atoms with Gasteiger partial charge in [0, 0.05) is 17.1 Å². The minimum Gasteiger partial charge on any atom is -0.303 e. The lowest BCUT2D eigenvalue weighted by Gasteiger charge is -2.01. The quantitative estimate of drug-likeness (QED) is 0.702. The number of aromatic nitrogens is 2. The third-order valence-corrected chi connectivity index (χ3v) is 3.27. The number of rotatable bonds is 2. The SMILES string of the molecule is Brc1ccn2c(Cc3ccccc3)ncc2c1. The summed E-state index contributed by atoms with van der Waals surface area (Å²) in [5.41, 5.74) is 2.40. The maximum absolute atomic E-state index is 4.47. The zero-order chi connectivity index (χ0) is 11.7. The zero-order valence-electron chi connectivity index (χ0n) is 9.18. The maximum atomic E-state index is 4.47. The first kappa shape index (κ1) is 10.5. The Morgan fingerprint density at radius 2 is 1.94 bits per heavy atom. The molecule has 2 heterocycles. The maximum Gasteiger partial charge on any atom is 0.117 e. The highest BCUT2D eigenvalue weighted by Gasteiger charge is 2.04. The summed E-state index contributed by atoms with van der Waals surface area (Å²) in [5.74, 6) is 1.07. The third kappa shape index (κ3) is 2.11. The zero-order valence-corrected chi connectivity index (χ0v) is 10.8. The average Bonchev–Trinajstić information content (AvgIpc) is 2.73. The van der Waals surface area contributed by atoms with Crippen LogP contribution in [-0.2, 0) is 6.42 Å². The van der Waals surface area contributed by atoms with Gasteiger partial charge in [-0.25, -0.2) is 4.98 Å². The molecule has 3 aromatic rings. The predicted molar refractivity (Wildman–Crippen MR) is 72.1 cm³/mol. The predicted octanol–water partition coefficient (Wildman–Crippen LogP) is 3.69. The van der Waals surface area contributed by atoms with Crippen molar-refractivity contribution in [3.8, 4) is 0 Å². The van der Waals surface area contributed by atoms with Crippen molar-refractivity contribution in [2.75, 3.05) is 0 Å². The topological polar surface area (TPSA) is 17.3 Å². The van der Waals surface area contributed by atoms with Crippen LogP contribution in [0.4, 0.5) is 0 Å². The largest absolute Gasteiger partial charge is 0.303 e. The van der Waals surface area contributed by atoms with E-state index in [1.54, 1.807) is 0 Å². The van der Waals surface area contributed by atoms with Crippen LogP contribution in [0.25, 0.3) is 5.52 Å². The second-order valence-corrected chi connectivity index (χ2v) is 4.89. The number of imidazole rings is 1. The Labute approximate surface area is 108 Å². The number of nitrogens with zero attached hydrogens (tertiary/aromatic N) is 2. The summed E-state index contributed by atoms with van der Waals surface area (Å²) >= 11 is 3.47. The number of pyridine rings is 1. The minimum absolute atomic E-state index is 0.858. The van der Waals surface area contributed by atoms with Gasteiger partial charge in [0.15, 0.2) is 0 Å². The molecule has 0 spiro atoms. The highest BCUT2D eigenvalue weighted by atomic mass is 79.9. The molecule has 2 aromatic heterocycles. The normalized spacial score (nSPS) is 10.9. The van der Waals surface area contributed by atoms with Crippen LogP contribution in [0, 0.1) is 0 Å². The van der Waals surface area contributed by atoms with E-state index in [-0.39, 0.29) is 0 Å². The summed E-state index contributed by atoms with van der Waals surface area (Å²) in [6.45, 7) is 0. The van der Waals surface area contributed by atoms with Crippen molar-refractivity contribution >= 4 is 21.4 Å². The van der Waals surface area contributed by atoms with Gasteiger partial charge in [0.25, 0.3) is 0 Å². The van der Waals surface area contributed by atoms with Crippen LogP contribution >= 0.6 is 15.9 Å². The van der Waals surface area contributed by atoms with Crippen molar-refractivity contribution in [3.63, 3.8) is 0 Å². The van der Waals surface area contributed by atoms with E-state index in [0.717, 1.165) is 22.2 Å². The van der Waals surface area contributed by atoms with Crippen molar-refractivity contribution in [1.82, 2.24) is 9.38 Å². The number of hydrogen-bond donors (Lipinski definition) is 0. The molecule has 0 radical (unpaired) electrons. The van der Waals surface area contributed by atoms with E-state index < -0.39 is 0 Å². The fourth-order valence-electron chi connectivity index (χ4n) is 1.94. The monoisotopic (exact) mass is 286 g/mol. The molecule has 0 fully saturated rings. The van der Waals surface area contributed by atoms with Gasteiger partial charge in [0.2, 0.25) is 0 Å². The molecule has 0 unspecified atom stereocenters. The Kier molecular flexibility index (Phi) is 2.69. The van der Waals surface area contributed by atoms with E-state index in [9.17, 15) is 0 Å². The molecule has 0 N–H and O–H groups in total. The second-order valence-electron chi connectivity index (χ2n) is 3.98. The van der Waals surface area contributed by atoms with Gasteiger partial charge in [-0.15, -0.1) is 0 Å². The Balaban J connectivity index is 2.01. The number of hydrogen-bond acceptors (Lipinski definition) is 1. The lowest BCUT2D eigenvalue weighted by Crippen LogP contribution is -1.95. The molecule has 84 valence electrons. The van der Waals surface area contributed by atoms with Gasteiger partial charge >= 0.3 is 0 Å². The van der Waals surface area contributed by atoms with Gasteiger partial charge in [-0.3, -0.25) is 0 Å². The molecule has 17 heavy (non-hydrogen) atoms. The first-order valence-electron chi connectivity index (χ1n) is 5.48. The van der Waals surface area contributed by atoms with Crippen LogP contribution in [-0.4, -0.2) is 9.38 Å². The lowest BCUT2D eigenvalue weighted by atomic mass is 10.1. The van der Waals surface area contributed by atoms with Crippen LogP contribution in [0.5, 0.6) is 0 Å². The Bertz CT molecular complexity index is 644. The first-order valence-corrected chi connectivity index (χ1v) is 6.28. The molecule has 2 nitrogen and oxygen atoms in total. The standard InChI is InChI=1S/C14H11BrN2/c15-12-6-7-17-13(9-12)10-16-14(17)8-11-4-2-1-3-5-11/h1-7,9-10H,8H2. The minimum atomic E-state index is 0.858. The highest BCUT2D eigenvalue weighted by molar-refractivity contribution is 9.10. The Morgan fingerprint density at radius 1 is 1.12 bits per heavy atom. The van der Waals surface area contributed by atoms with Crippen molar-refractivity contribution in [3.05, 3.63) is 70.7 Å². The molecule has 3 rings (SSSR count). The van der Waals surface area contributed by atoms with Gasteiger partial charge in [-0.1, -0.05) is 46.3 Å². The smallest absolute Gasteiger partial charge is 0.117 e. The molecule has 0 bridgehead atoms. The van der Waals surface area contributed by atoms with E-state index >= 15 is 0 Å². The molecule has 0 aliphatic heterocycles. The fourth-order valence-corrected chi connectivity index (χ4v) is 2.29. The van der Waals surface area contributed by atoms with E-state index in [1.165, 1.54) is 5.56 Å². The Hall–Kier alpha value is -1.61. The van der Waals surface area contributed by atoms with E-state index in [4.69, 9.17) is 0 Å². The first-order chi connectivity index (χ1) is 8.33. The average molecular weight is 287 g/mol. The van der Waals surface area contributed by atoms with Crippen molar-refractivity contribution in [2.45, 2.75) is 6.42 Å². The van der Waals surface area contributed by atoms with Gasteiger partial charge in [-0.05, 0) is 17.7 Å². The van der Waals surface area contributed by atoms with Crippen LogP contribution in [0.15, 0.2) is 59.3 Å². The molecule has 0 amide bonds. The number of benzene rings is 1. The Morgan fingerprint density at radius 3 is 2.76 bits per heavy atom. The summed E-state index contributed by atoms with van der Waals surface area (Å²) in [7, 11) is 0. The van der Waals surface area contributed by atoms with E-state index in [0.29, 0.717) is 0 Å². The lowest BCUT2D eigenvalue weighted by molar-refractivity contribution is 0.961. The second kappa shape index (κ2) is 4.34. The van der Waals surface area contributed by atoms with E-state index in [2.05, 4.69) is 55.6 Å². The van der Waals surface area contributed by atoms with E-state index in [1.807, 2.05) is 24.5 Å².